The fourth-order valence-corrected chi connectivity index (χ4v) is 1.23. The molecule has 0 aliphatic heterocycles. The summed E-state index contributed by atoms with van der Waals surface area (Å²) < 4.78 is 5.52. The van der Waals surface area contributed by atoms with E-state index in [0.717, 1.165) is 12.8 Å². The van der Waals surface area contributed by atoms with E-state index in [-0.39, 0.29) is 6.10 Å². The van der Waals surface area contributed by atoms with Gasteiger partial charge in [0.1, 0.15) is 0 Å². The van der Waals surface area contributed by atoms with Gasteiger partial charge in [-0.15, -0.1) is 0 Å². The van der Waals surface area contributed by atoms with Crippen LogP contribution in [-0.2, 0) is 0 Å². The van der Waals surface area contributed by atoms with Gasteiger partial charge in [0.15, 0.2) is 5.75 Å². The van der Waals surface area contributed by atoms with Gasteiger partial charge in [0.25, 0.3) is 5.91 Å². The minimum atomic E-state index is -0.507. The summed E-state index contributed by atoms with van der Waals surface area (Å²) in [6.45, 7) is 0. The lowest BCUT2D eigenvalue weighted by Crippen LogP contribution is -2.14. The fraction of sp³-hybridized carbons (Fsp3) is 0.300. The van der Waals surface area contributed by atoms with E-state index in [4.69, 9.17) is 16.2 Å². The lowest BCUT2D eigenvalue weighted by atomic mass is 10.1. The Labute approximate surface area is 81.8 Å². The van der Waals surface area contributed by atoms with E-state index in [1.165, 1.54) is 0 Å². The van der Waals surface area contributed by atoms with Crippen LogP contribution < -0.4 is 16.2 Å². The van der Waals surface area contributed by atoms with Crippen molar-refractivity contribution in [1.29, 1.82) is 0 Å². The standard InChI is InChI=1S/C10H12N2O2/c11-8-3-1-2-7(10(12)13)9(8)14-6-4-5-6/h1-3,6H,4-5,11H2,(H2,12,13). The van der Waals surface area contributed by atoms with Crippen molar-refractivity contribution >= 4 is 11.6 Å². The number of carbonyl (C=O) groups excluding carboxylic acids is 1. The van der Waals surface area contributed by atoms with E-state index in [0.29, 0.717) is 17.0 Å². The van der Waals surface area contributed by atoms with Gasteiger partial charge in [-0.3, -0.25) is 4.79 Å². The molecule has 1 saturated carbocycles. The van der Waals surface area contributed by atoms with Gasteiger partial charge in [-0.2, -0.15) is 0 Å². The molecule has 4 heteroatoms. The molecule has 1 aliphatic rings. The first-order valence-electron chi connectivity index (χ1n) is 4.53. The number of amides is 1. The number of para-hydroxylation sites is 1. The maximum atomic E-state index is 11.1. The predicted molar refractivity (Wildman–Crippen MR) is 53.0 cm³/mol. The minimum Gasteiger partial charge on any atom is -0.487 e. The predicted octanol–water partition coefficient (Wildman–Crippen LogP) is 0.909. The number of carbonyl (C=O) groups is 1. The van der Waals surface area contributed by atoms with Crippen molar-refractivity contribution in [2.75, 3.05) is 5.73 Å². The lowest BCUT2D eigenvalue weighted by Gasteiger charge is -2.10. The van der Waals surface area contributed by atoms with Crippen LogP contribution in [0.25, 0.3) is 0 Å². The second kappa shape index (κ2) is 3.21. The van der Waals surface area contributed by atoms with Gasteiger partial charge in [0.2, 0.25) is 0 Å². The van der Waals surface area contributed by atoms with E-state index in [9.17, 15) is 4.79 Å². The third-order valence-electron chi connectivity index (χ3n) is 2.12. The van der Waals surface area contributed by atoms with E-state index in [2.05, 4.69) is 0 Å². The molecule has 0 radical (unpaired) electrons. The van der Waals surface area contributed by atoms with Crippen molar-refractivity contribution in [3.63, 3.8) is 0 Å². The van der Waals surface area contributed by atoms with Gasteiger partial charge in [0.05, 0.1) is 17.4 Å². The zero-order chi connectivity index (χ0) is 10.1. The molecule has 0 saturated heterocycles. The maximum Gasteiger partial charge on any atom is 0.252 e. The summed E-state index contributed by atoms with van der Waals surface area (Å²) in [6.07, 6.45) is 2.25. The Morgan fingerprint density at radius 3 is 2.71 bits per heavy atom. The third-order valence-corrected chi connectivity index (χ3v) is 2.12. The fourth-order valence-electron chi connectivity index (χ4n) is 1.23. The Morgan fingerprint density at radius 2 is 2.14 bits per heavy atom. The van der Waals surface area contributed by atoms with Crippen molar-refractivity contribution in [2.24, 2.45) is 5.73 Å². The Morgan fingerprint density at radius 1 is 1.43 bits per heavy atom. The summed E-state index contributed by atoms with van der Waals surface area (Å²) in [5.41, 5.74) is 11.7. The Bertz CT molecular complexity index is 372. The van der Waals surface area contributed by atoms with E-state index >= 15 is 0 Å². The van der Waals surface area contributed by atoms with Crippen molar-refractivity contribution in [1.82, 2.24) is 0 Å². The van der Waals surface area contributed by atoms with Crippen molar-refractivity contribution in [2.45, 2.75) is 18.9 Å². The van der Waals surface area contributed by atoms with E-state index in [1.807, 2.05) is 0 Å². The highest BCUT2D eigenvalue weighted by molar-refractivity contribution is 5.97. The molecule has 2 rings (SSSR count). The molecule has 0 unspecified atom stereocenters. The monoisotopic (exact) mass is 192 g/mol. The van der Waals surface area contributed by atoms with Crippen LogP contribution in [0.15, 0.2) is 18.2 Å². The second-order valence-corrected chi connectivity index (χ2v) is 3.41. The molecule has 1 aliphatic carbocycles. The zero-order valence-electron chi connectivity index (χ0n) is 7.69. The Hall–Kier alpha value is -1.71. The van der Waals surface area contributed by atoms with Crippen molar-refractivity contribution < 1.29 is 9.53 Å². The van der Waals surface area contributed by atoms with Crippen molar-refractivity contribution in [3.05, 3.63) is 23.8 Å². The number of hydrogen-bond acceptors (Lipinski definition) is 3. The average Bonchev–Trinajstić information content (AvgIpc) is 2.91. The zero-order valence-corrected chi connectivity index (χ0v) is 7.69. The second-order valence-electron chi connectivity index (χ2n) is 3.41. The number of hydrogen-bond donors (Lipinski definition) is 2. The SMILES string of the molecule is NC(=O)c1cccc(N)c1OC1CC1. The highest BCUT2D eigenvalue weighted by Gasteiger charge is 2.26. The summed E-state index contributed by atoms with van der Waals surface area (Å²) in [5, 5.41) is 0. The molecule has 74 valence electrons. The number of primary amides is 1. The van der Waals surface area contributed by atoms with E-state index in [1.54, 1.807) is 18.2 Å². The highest BCUT2D eigenvalue weighted by Crippen LogP contribution is 2.33. The molecule has 0 spiro atoms. The number of rotatable bonds is 3. The van der Waals surface area contributed by atoms with Crippen LogP contribution >= 0.6 is 0 Å². The van der Waals surface area contributed by atoms with Gasteiger partial charge in [-0.25, -0.2) is 0 Å². The molecule has 14 heavy (non-hydrogen) atoms. The van der Waals surface area contributed by atoms with Crippen LogP contribution in [-0.4, -0.2) is 12.0 Å². The number of nitrogen functional groups attached to an aromatic ring is 1. The summed E-state index contributed by atoms with van der Waals surface area (Å²) in [6, 6.07) is 5.01. The molecule has 1 aromatic rings. The average molecular weight is 192 g/mol. The lowest BCUT2D eigenvalue weighted by molar-refractivity contribution is 0.0996. The van der Waals surface area contributed by atoms with Gasteiger partial charge >= 0.3 is 0 Å². The summed E-state index contributed by atoms with van der Waals surface area (Å²) in [7, 11) is 0. The molecule has 0 aromatic heterocycles. The molecular weight excluding hydrogens is 180 g/mol. The molecule has 0 atom stereocenters. The smallest absolute Gasteiger partial charge is 0.252 e. The number of anilines is 1. The summed E-state index contributed by atoms with van der Waals surface area (Å²) in [5.74, 6) is -0.0737. The molecule has 1 aromatic carbocycles. The Kier molecular flexibility index (Phi) is 2.04. The maximum absolute atomic E-state index is 11.1. The van der Waals surface area contributed by atoms with Gasteiger partial charge in [-0.05, 0) is 25.0 Å². The third kappa shape index (κ3) is 1.64. The number of nitrogens with two attached hydrogens (primary N) is 2. The van der Waals surface area contributed by atoms with E-state index < -0.39 is 5.91 Å². The quantitative estimate of drug-likeness (QED) is 0.698. The molecule has 4 nitrogen and oxygen atoms in total. The summed E-state index contributed by atoms with van der Waals surface area (Å²) in [4.78, 5) is 11.1. The first-order valence-corrected chi connectivity index (χ1v) is 4.53. The normalized spacial score (nSPS) is 15.1. The molecule has 1 amide bonds. The van der Waals surface area contributed by atoms with Gasteiger partial charge < -0.3 is 16.2 Å². The molecule has 0 heterocycles. The number of benzene rings is 1. The van der Waals surface area contributed by atoms with Crippen LogP contribution in [0.3, 0.4) is 0 Å². The Balaban J connectivity index is 2.36. The topological polar surface area (TPSA) is 78.3 Å². The van der Waals surface area contributed by atoms with Crippen LogP contribution in [0.5, 0.6) is 5.75 Å². The van der Waals surface area contributed by atoms with Gasteiger partial charge in [-0.1, -0.05) is 6.07 Å². The van der Waals surface area contributed by atoms with Crippen molar-refractivity contribution in [3.8, 4) is 5.75 Å². The van der Waals surface area contributed by atoms with Crippen LogP contribution in [0.4, 0.5) is 5.69 Å². The molecule has 4 N–H and O–H groups in total. The highest BCUT2D eigenvalue weighted by atomic mass is 16.5. The largest absolute Gasteiger partial charge is 0.487 e. The first-order chi connectivity index (χ1) is 6.68. The van der Waals surface area contributed by atoms with Gasteiger partial charge in [0, 0.05) is 0 Å². The summed E-state index contributed by atoms with van der Waals surface area (Å²) >= 11 is 0. The molecule has 0 bridgehead atoms. The molecular formula is C10H12N2O2. The van der Waals surface area contributed by atoms with Crippen LogP contribution in [0, 0.1) is 0 Å². The minimum absolute atomic E-state index is 0.206. The van der Waals surface area contributed by atoms with Crippen LogP contribution in [0.2, 0.25) is 0 Å². The number of ether oxygens (including phenoxy) is 1. The van der Waals surface area contributed by atoms with Crippen LogP contribution in [0.1, 0.15) is 23.2 Å². The first kappa shape index (κ1) is 8.87. The molecule has 1 fully saturated rings.